The summed E-state index contributed by atoms with van der Waals surface area (Å²) in [6.45, 7) is 0. The second-order valence-corrected chi connectivity index (χ2v) is 6.25. The highest BCUT2D eigenvalue weighted by atomic mass is 79.9. The molecule has 3 aromatic rings. The number of rotatable bonds is 4. The molecule has 0 saturated carbocycles. The number of hydrogen-bond acceptors (Lipinski definition) is 2. The summed E-state index contributed by atoms with van der Waals surface area (Å²) in [7, 11) is 0. The Morgan fingerprint density at radius 2 is 0.864 bits per heavy atom. The number of hydrogen-bond donors (Lipinski definition) is 0. The van der Waals surface area contributed by atoms with Crippen molar-refractivity contribution in [3.63, 3.8) is 0 Å². The quantitative estimate of drug-likeness (QED) is 0.463. The third kappa shape index (κ3) is 3.70. The molecule has 0 saturated heterocycles. The van der Waals surface area contributed by atoms with Gasteiger partial charge in [-0.1, -0.05) is 24.3 Å². The molecule has 0 fully saturated rings. The predicted molar refractivity (Wildman–Crippen MR) is 94.9 cm³/mol. The summed E-state index contributed by atoms with van der Waals surface area (Å²) in [5.41, 5.74) is 0. The van der Waals surface area contributed by atoms with Crippen LogP contribution in [0.15, 0.2) is 81.7 Å². The molecule has 0 amide bonds. The van der Waals surface area contributed by atoms with E-state index >= 15 is 0 Å². The van der Waals surface area contributed by atoms with E-state index in [1.165, 1.54) is 0 Å². The minimum absolute atomic E-state index is 0.756. The highest BCUT2D eigenvalue weighted by Gasteiger charge is 2.04. The van der Waals surface area contributed by atoms with Crippen molar-refractivity contribution in [3.8, 4) is 23.0 Å². The van der Waals surface area contributed by atoms with E-state index in [-0.39, 0.29) is 0 Å². The second-order valence-electron chi connectivity index (χ2n) is 4.54. The average molecular weight is 420 g/mol. The van der Waals surface area contributed by atoms with E-state index in [9.17, 15) is 0 Å². The van der Waals surface area contributed by atoms with Gasteiger partial charge in [0, 0.05) is 0 Å². The third-order valence-corrected chi connectivity index (χ3v) is 4.26. The monoisotopic (exact) mass is 418 g/mol. The molecule has 3 aromatic carbocycles. The fourth-order valence-electron chi connectivity index (χ4n) is 1.88. The van der Waals surface area contributed by atoms with Crippen LogP contribution in [0.3, 0.4) is 0 Å². The normalized spacial score (nSPS) is 10.3. The van der Waals surface area contributed by atoms with Gasteiger partial charge in [0.05, 0.1) is 8.95 Å². The van der Waals surface area contributed by atoms with Crippen molar-refractivity contribution in [1.29, 1.82) is 0 Å². The molecule has 110 valence electrons. The van der Waals surface area contributed by atoms with Gasteiger partial charge in [-0.2, -0.15) is 0 Å². The molecule has 0 unspecified atom stereocenters. The zero-order valence-electron chi connectivity index (χ0n) is 11.5. The molecule has 0 bridgehead atoms. The lowest BCUT2D eigenvalue weighted by atomic mass is 10.3. The van der Waals surface area contributed by atoms with Crippen molar-refractivity contribution in [3.05, 3.63) is 81.7 Å². The fraction of sp³-hybridized carbons (Fsp3) is 0. The van der Waals surface area contributed by atoms with Crippen LogP contribution in [0.25, 0.3) is 0 Å². The summed E-state index contributed by atoms with van der Waals surface area (Å²) in [5.74, 6) is 3.07. The zero-order valence-corrected chi connectivity index (χ0v) is 14.7. The molecular weight excluding hydrogens is 408 g/mol. The molecule has 22 heavy (non-hydrogen) atoms. The molecule has 0 atom stereocenters. The maximum absolute atomic E-state index is 5.83. The van der Waals surface area contributed by atoms with Gasteiger partial charge in [0.15, 0.2) is 0 Å². The van der Waals surface area contributed by atoms with E-state index in [2.05, 4.69) is 31.9 Å². The first-order valence-electron chi connectivity index (χ1n) is 6.67. The van der Waals surface area contributed by atoms with Crippen molar-refractivity contribution < 1.29 is 9.47 Å². The first kappa shape index (κ1) is 15.1. The highest BCUT2D eigenvalue weighted by molar-refractivity contribution is 9.10. The summed E-state index contributed by atoms with van der Waals surface area (Å²) < 4.78 is 13.5. The van der Waals surface area contributed by atoms with E-state index < -0.39 is 0 Å². The van der Waals surface area contributed by atoms with Crippen molar-refractivity contribution in [2.75, 3.05) is 0 Å². The number of benzene rings is 3. The molecular formula is C18H12Br2O2. The van der Waals surface area contributed by atoms with Crippen LogP contribution in [-0.4, -0.2) is 0 Å². The van der Waals surface area contributed by atoms with Crippen LogP contribution in [0.5, 0.6) is 23.0 Å². The maximum Gasteiger partial charge on any atom is 0.141 e. The number of ether oxygens (including phenoxy) is 2. The first-order chi connectivity index (χ1) is 10.7. The van der Waals surface area contributed by atoms with Crippen LogP contribution >= 0.6 is 31.9 Å². The van der Waals surface area contributed by atoms with Gasteiger partial charge in [-0.05, 0) is 80.4 Å². The highest BCUT2D eigenvalue weighted by Crippen LogP contribution is 2.32. The van der Waals surface area contributed by atoms with Gasteiger partial charge in [0.1, 0.15) is 23.0 Å². The van der Waals surface area contributed by atoms with Gasteiger partial charge in [0.25, 0.3) is 0 Å². The summed E-state index contributed by atoms with van der Waals surface area (Å²) in [6.07, 6.45) is 0. The van der Waals surface area contributed by atoms with Crippen LogP contribution in [0.2, 0.25) is 0 Å². The molecule has 0 aromatic heterocycles. The van der Waals surface area contributed by atoms with Crippen LogP contribution in [0.4, 0.5) is 0 Å². The van der Waals surface area contributed by atoms with Crippen molar-refractivity contribution in [1.82, 2.24) is 0 Å². The Kier molecular flexibility index (Phi) is 4.80. The fourth-order valence-corrected chi connectivity index (χ4v) is 2.62. The number of halogens is 2. The van der Waals surface area contributed by atoms with E-state index in [0.717, 1.165) is 31.9 Å². The predicted octanol–water partition coefficient (Wildman–Crippen LogP) is 6.80. The lowest BCUT2D eigenvalue weighted by molar-refractivity contribution is 0.466. The standard InChI is InChI=1S/C18H12Br2O2/c19-15-5-1-3-7-17(15)21-13-9-11-14(12-10-13)22-18-8-4-2-6-16(18)20/h1-12H. The van der Waals surface area contributed by atoms with E-state index in [1.807, 2.05) is 72.8 Å². The molecule has 0 aliphatic heterocycles. The summed E-state index contributed by atoms with van der Waals surface area (Å²) >= 11 is 6.93. The van der Waals surface area contributed by atoms with Crippen LogP contribution in [0.1, 0.15) is 0 Å². The first-order valence-corrected chi connectivity index (χ1v) is 8.26. The largest absolute Gasteiger partial charge is 0.456 e. The Balaban J connectivity index is 1.73. The molecule has 2 nitrogen and oxygen atoms in total. The Morgan fingerprint density at radius 1 is 0.500 bits per heavy atom. The molecule has 0 aliphatic rings. The van der Waals surface area contributed by atoms with Crippen molar-refractivity contribution in [2.45, 2.75) is 0 Å². The van der Waals surface area contributed by atoms with Gasteiger partial charge in [0.2, 0.25) is 0 Å². The average Bonchev–Trinajstić information content (AvgIpc) is 2.54. The van der Waals surface area contributed by atoms with E-state index in [4.69, 9.17) is 9.47 Å². The second kappa shape index (κ2) is 6.99. The smallest absolute Gasteiger partial charge is 0.141 e. The molecule has 0 radical (unpaired) electrons. The van der Waals surface area contributed by atoms with Gasteiger partial charge in [-0.25, -0.2) is 0 Å². The van der Waals surface area contributed by atoms with Gasteiger partial charge in [-0.3, -0.25) is 0 Å². The minimum atomic E-state index is 0.756. The van der Waals surface area contributed by atoms with Crippen LogP contribution < -0.4 is 9.47 Å². The molecule has 0 N–H and O–H groups in total. The Hall–Kier alpha value is -1.78. The summed E-state index contributed by atoms with van der Waals surface area (Å²) in [6, 6.07) is 23.0. The lowest BCUT2D eigenvalue weighted by Gasteiger charge is -2.10. The summed E-state index contributed by atoms with van der Waals surface area (Å²) in [5, 5.41) is 0. The van der Waals surface area contributed by atoms with Gasteiger partial charge < -0.3 is 9.47 Å². The minimum Gasteiger partial charge on any atom is -0.456 e. The molecule has 4 heteroatoms. The Labute approximate surface area is 146 Å². The number of para-hydroxylation sites is 2. The zero-order chi connectivity index (χ0) is 15.4. The lowest BCUT2D eigenvalue weighted by Crippen LogP contribution is -1.87. The molecule has 0 heterocycles. The van der Waals surface area contributed by atoms with Gasteiger partial charge >= 0.3 is 0 Å². The topological polar surface area (TPSA) is 18.5 Å². The molecule has 0 aliphatic carbocycles. The maximum atomic E-state index is 5.83. The third-order valence-electron chi connectivity index (χ3n) is 2.95. The van der Waals surface area contributed by atoms with E-state index in [1.54, 1.807) is 0 Å². The van der Waals surface area contributed by atoms with Crippen LogP contribution in [-0.2, 0) is 0 Å². The Bertz CT molecular complexity index is 704. The van der Waals surface area contributed by atoms with Gasteiger partial charge in [-0.15, -0.1) is 0 Å². The SMILES string of the molecule is Brc1ccccc1Oc1ccc(Oc2ccccc2Br)cc1. The molecule has 3 rings (SSSR count). The van der Waals surface area contributed by atoms with Crippen LogP contribution in [0, 0.1) is 0 Å². The summed E-state index contributed by atoms with van der Waals surface area (Å²) in [4.78, 5) is 0. The molecule has 0 spiro atoms. The van der Waals surface area contributed by atoms with E-state index in [0.29, 0.717) is 0 Å². The Morgan fingerprint density at radius 3 is 1.23 bits per heavy atom. The van der Waals surface area contributed by atoms with Crippen molar-refractivity contribution in [2.24, 2.45) is 0 Å². The van der Waals surface area contributed by atoms with Crippen molar-refractivity contribution >= 4 is 31.9 Å².